The average molecular weight is 270 g/mol. The number of carbonyl (C=O) groups is 1. The number of ether oxygens (including phenoxy) is 1. The molecule has 0 saturated carbocycles. The van der Waals surface area contributed by atoms with Crippen molar-refractivity contribution in [1.29, 1.82) is 0 Å². The maximum absolute atomic E-state index is 11.8. The first-order valence-electron chi connectivity index (χ1n) is 7.77. The maximum Gasteiger partial charge on any atom is 0.310 e. The fraction of sp³-hybridized carbons (Fsp3) is 0.933. The second kappa shape index (κ2) is 9.32. The van der Waals surface area contributed by atoms with Gasteiger partial charge in [0.1, 0.15) is 0 Å². The molecule has 19 heavy (non-hydrogen) atoms. The van der Waals surface area contributed by atoms with Crippen molar-refractivity contribution in [3.63, 3.8) is 0 Å². The van der Waals surface area contributed by atoms with Crippen LogP contribution in [0.15, 0.2) is 0 Å². The number of likely N-dealkylation sites (tertiary alicyclic amines) is 1. The molecule has 0 aromatic rings. The van der Waals surface area contributed by atoms with E-state index in [0.717, 1.165) is 45.6 Å². The molecule has 0 bridgehead atoms. The molecule has 112 valence electrons. The predicted molar refractivity (Wildman–Crippen MR) is 78.1 cm³/mol. The van der Waals surface area contributed by atoms with Gasteiger partial charge in [-0.1, -0.05) is 13.8 Å². The van der Waals surface area contributed by atoms with Crippen molar-refractivity contribution < 1.29 is 9.53 Å². The van der Waals surface area contributed by atoms with Crippen LogP contribution in [0, 0.1) is 11.8 Å². The van der Waals surface area contributed by atoms with Crippen LogP contribution in [-0.4, -0.2) is 50.2 Å². The van der Waals surface area contributed by atoms with Gasteiger partial charge in [0.05, 0.1) is 12.5 Å². The second-order valence-electron chi connectivity index (χ2n) is 5.66. The number of hydrogen-bond acceptors (Lipinski definition) is 4. The Labute approximate surface area is 117 Å². The lowest BCUT2D eigenvalue weighted by Gasteiger charge is -2.33. The molecule has 0 aromatic carbocycles. The Kier molecular flexibility index (Phi) is 8.07. The zero-order valence-corrected chi connectivity index (χ0v) is 12.8. The zero-order valence-electron chi connectivity index (χ0n) is 12.8. The molecule has 1 aliphatic rings. The predicted octanol–water partition coefficient (Wildman–Crippen LogP) is 1.90. The first-order chi connectivity index (χ1) is 9.17. The van der Waals surface area contributed by atoms with E-state index in [1.807, 2.05) is 6.92 Å². The van der Waals surface area contributed by atoms with Gasteiger partial charge in [0, 0.05) is 13.1 Å². The van der Waals surface area contributed by atoms with Gasteiger partial charge in [0.2, 0.25) is 0 Å². The molecule has 0 aromatic heterocycles. The Bertz CT molecular complexity index is 259. The lowest BCUT2D eigenvalue weighted by Crippen LogP contribution is -2.42. The van der Waals surface area contributed by atoms with Crippen LogP contribution >= 0.6 is 0 Å². The fourth-order valence-electron chi connectivity index (χ4n) is 2.70. The van der Waals surface area contributed by atoms with Crippen LogP contribution in [0.3, 0.4) is 0 Å². The number of rotatable bonds is 8. The number of hydrogen-bond donors (Lipinski definition) is 1. The van der Waals surface area contributed by atoms with Crippen LogP contribution in [0.4, 0.5) is 0 Å². The summed E-state index contributed by atoms with van der Waals surface area (Å²) in [4.78, 5) is 14.2. The van der Waals surface area contributed by atoms with Gasteiger partial charge in [-0.3, -0.25) is 4.79 Å². The SMILES string of the molecule is CCCNCC(C)CN1CCCC(C(=O)OCC)C1. The third-order valence-electron chi connectivity index (χ3n) is 3.61. The third kappa shape index (κ3) is 6.39. The van der Waals surface area contributed by atoms with E-state index in [9.17, 15) is 4.79 Å². The summed E-state index contributed by atoms with van der Waals surface area (Å²) in [5.41, 5.74) is 0. The highest BCUT2D eigenvalue weighted by atomic mass is 16.5. The van der Waals surface area contributed by atoms with E-state index >= 15 is 0 Å². The minimum atomic E-state index is -0.0102. The van der Waals surface area contributed by atoms with E-state index in [4.69, 9.17) is 4.74 Å². The molecule has 0 aliphatic carbocycles. The molecule has 0 amide bonds. The van der Waals surface area contributed by atoms with Crippen molar-refractivity contribution in [3.05, 3.63) is 0 Å². The highest BCUT2D eigenvalue weighted by Gasteiger charge is 2.27. The molecule has 1 aliphatic heterocycles. The quantitative estimate of drug-likeness (QED) is 0.540. The summed E-state index contributed by atoms with van der Waals surface area (Å²) in [5.74, 6) is 0.709. The van der Waals surface area contributed by atoms with Crippen LogP contribution in [0.5, 0.6) is 0 Å². The lowest BCUT2D eigenvalue weighted by atomic mass is 9.97. The Morgan fingerprint density at radius 3 is 2.95 bits per heavy atom. The van der Waals surface area contributed by atoms with E-state index in [1.54, 1.807) is 0 Å². The number of nitrogens with zero attached hydrogens (tertiary/aromatic N) is 1. The average Bonchev–Trinajstić information content (AvgIpc) is 2.39. The zero-order chi connectivity index (χ0) is 14.1. The smallest absolute Gasteiger partial charge is 0.310 e. The molecular formula is C15H30N2O2. The number of esters is 1. The van der Waals surface area contributed by atoms with Crippen LogP contribution in [-0.2, 0) is 9.53 Å². The van der Waals surface area contributed by atoms with Gasteiger partial charge in [-0.25, -0.2) is 0 Å². The Morgan fingerprint density at radius 1 is 1.47 bits per heavy atom. The van der Waals surface area contributed by atoms with E-state index in [1.165, 1.54) is 6.42 Å². The van der Waals surface area contributed by atoms with Gasteiger partial charge in [0.25, 0.3) is 0 Å². The normalized spacial score (nSPS) is 22.2. The topological polar surface area (TPSA) is 41.6 Å². The molecule has 4 nitrogen and oxygen atoms in total. The summed E-state index contributed by atoms with van der Waals surface area (Å²) in [7, 11) is 0. The largest absolute Gasteiger partial charge is 0.466 e. The van der Waals surface area contributed by atoms with Crippen LogP contribution in [0.25, 0.3) is 0 Å². The summed E-state index contributed by atoms with van der Waals surface area (Å²) < 4.78 is 5.14. The van der Waals surface area contributed by atoms with Crippen molar-refractivity contribution >= 4 is 5.97 Å². The number of carbonyl (C=O) groups excluding carboxylic acids is 1. The molecule has 1 fully saturated rings. The highest BCUT2D eigenvalue weighted by molar-refractivity contribution is 5.72. The number of nitrogens with one attached hydrogen (secondary N) is 1. The Balaban J connectivity index is 2.28. The number of piperidine rings is 1. The summed E-state index contributed by atoms with van der Waals surface area (Å²) in [6.45, 7) is 12.1. The molecule has 4 heteroatoms. The first kappa shape index (κ1) is 16.4. The van der Waals surface area contributed by atoms with Crippen molar-refractivity contribution in [2.75, 3.05) is 39.3 Å². The van der Waals surface area contributed by atoms with Crippen LogP contribution < -0.4 is 5.32 Å². The standard InChI is InChI=1S/C15H30N2O2/c1-4-8-16-10-13(3)11-17-9-6-7-14(12-17)15(18)19-5-2/h13-14,16H,4-12H2,1-3H3. The summed E-state index contributed by atoms with van der Waals surface area (Å²) >= 11 is 0. The van der Waals surface area contributed by atoms with Crippen molar-refractivity contribution in [1.82, 2.24) is 10.2 Å². The lowest BCUT2D eigenvalue weighted by molar-refractivity contribution is -0.150. The summed E-state index contributed by atoms with van der Waals surface area (Å²) in [6.07, 6.45) is 3.28. The third-order valence-corrected chi connectivity index (χ3v) is 3.61. The van der Waals surface area contributed by atoms with Crippen molar-refractivity contribution in [2.45, 2.75) is 40.0 Å². The molecule has 1 rings (SSSR count). The highest BCUT2D eigenvalue weighted by Crippen LogP contribution is 2.18. The summed E-state index contributed by atoms with van der Waals surface area (Å²) in [6, 6.07) is 0. The molecule has 1 heterocycles. The maximum atomic E-state index is 11.8. The van der Waals surface area contributed by atoms with Gasteiger partial charge in [-0.15, -0.1) is 0 Å². The van der Waals surface area contributed by atoms with E-state index in [-0.39, 0.29) is 11.9 Å². The van der Waals surface area contributed by atoms with Gasteiger partial charge in [0.15, 0.2) is 0 Å². The van der Waals surface area contributed by atoms with Gasteiger partial charge in [-0.2, -0.15) is 0 Å². The molecule has 0 spiro atoms. The van der Waals surface area contributed by atoms with Gasteiger partial charge >= 0.3 is 5.97 Å². The first-order valence-corrected chi connectivity index (χ1v) is 7.77. The van der Waals surface area contributed by atoms with E-state index in [2.05, 4.69) is 24.1 Å². The minimum Gasteiger partial charge on any atom is -0.466 e. The minimum absolute atomic E-state index is 0.0102. The van der Waals surface area contributed by atoms with E-state index < -0.39 is 0 Å². The monoisotopic (exact) mass is 270 g/mol. The van der Waals surface area contributed by atoms with Crippen LogP contribution in [0.1, 0.15) is 40.0 Å². The molecular weight excluding hydrogens is 240 g/mol. The summed E-state index contributed by atoms with van der Waals surface area (Å²) in [5, 5.41) is 3.46. The Hall–Kier alpha value is -0.610. The second-order valence-corrected chi connectivity index (χ2v) is 5.66. The van der Waals surface area contributed by atoms with Crippen molar-refractivity contribution in [3.8, 4) is 0 Å². The molecule has 0 radical (unpaired) electrons. The van der Waals surface area contributed by atoms with Gasteiger partial charge in [-0.05, 0) is 51.7 Å². The van der Waals surface area contributed by atoms with E-state index in [0.29, 0.717) is 12.5 Å². The van der Waals surface area contributed by atoms with Crippen molar-refractivity contribution in [2.24, 2.45) is 11.8 Å². The van der Waals surface area contributed by atoms with Crippen LogP contribution in [0.2, 0.25) is 0 Å². The molecule has 2 atom stereocenters. The molecule has 1 N–H and O–H groups in total. The van der Waals surface area contributed by atoms with Gasteiger partial charge < -0.3 is 15.0 Å². The fourth-order valence-corrected chi connectivity index (χ4v) is 2.70. The Morgan fingerprint density at radius 2 is 2.26 bits per heavy atom. The molecule has 2 unspecified atom stereocenters. The molecule has 1 saturated heterocycles.